The monoisotopic (exact) mass is 369 g/mol. The van der Waals surface area contributed by atoms with Crippen LogP contribution in [0.4, 0.5) is 5.82 Å². The molecule has 3 heterocycles. The van der Waals surface area contributed by atoms with E-state index >= 15 is 0 Å². The zero-order chi connectivity index (χ0) is 18.1. The van der Waals surface area contributed by atoms with Gasteiger partial charge in [0.25, 0.3) is 0 Å². The van der Waals surface area contributed by atoms with Crippen molar-refractivity contribution < 1.29 is 8.42 Å². The van der Waals surface area contributed by atoms with Crippen LogP contribution in [0.3, 0.4) is 0 Å². The molecule has 0 radical (unpaired) electrons. The summed E-state index contributed by atoms with van der Waals surface area (Å²) in [5.74, 6) is 0.434. The molecule has 1 unspecified atom stereocenters. The minimum atomic E-state index is -3.63. The Morgan fingerprint density at radius 1 is 1.04 bits per heavy atom. The van der Waals surface area contributed by atoms with Crippen molar-refractivity contribution in [2.75, 3.05) is 30.5 Å². The summed E-state index contributed by atoms with van der Waals surface area (Å²) in [5, 5.41) is 9.01. The van der Waals surface area contributed by atoms with E-state index in [0.717, 1.165) is 11.3 Å². The molecule has 0 spiro atoms. The molecule has 1 aromatic carbocycles. The van der Waals surface area contributed by atoms with Crippen LogP contribution in [-0.2, 0) is 10.2 Å². The first-order valence-corrected chi connectivity index (χ1v) is 9.96. The summed E-state index contributed by atoms with van der Waals surface area (Å²) >= 11 is 0. The van der Waals surface area contributed by atoms with E-state index in [1.165, 1.54) is 8.61 Å². The van der Waals surface area contributed by atoms with Crippen LogP contribution in [0.15, 0.2) is 48.5 Å². The van der Waals surface area contributed by atoms with Gasteiger partial charge in [0, 0.05) is 31.2 Å². The van der Waals surface area contributed by atoms with Crippen molar-refractivity contribution in [1.29, 1.82) is 5.26 Å². The van der Waals surface area contributed by atoms with Crippen LogP contribution in [0.1, 0.15) is 6.42 Å². The molecule has 26 heavy (non-hydrogen) atoms. The molecule has 7 nitrogen and oxygen atoms in total. The van der Waals surface area contributed by atoms with Gasteiger partial charge in [-0.15, -0.1) is 0 Å². The Hall–Kier alpha value is -2.63. The van der Waals surface area contributed by atoms with Crippen LogP contribution in [0.25, 0.3) is 11.3 Å². The Morgan fingerprint density at radius 3 is 2.58 bits per heavy atom. The van der Waals surface area contributed by atoms with Crippen molar-refractivity contribution in [3.8, 4) is 17.5 Å². The lowest BCUT2D eigenvalue weighted by Crippen LogP contribution is -2.41. The number of aromatic nitrogens is 1. The topological polar surface area (TPSA) is 80.5 Å². The van der Waals surface area contributed by atoms with Gasteiger partial charge in [-0.2, -0.15) is 18.0 Å². The highest BCUT2D eigenvalue weighted by atomic mass is 32.2. The molecule has 4 rings (SSSR count). The van der Waals surface area contributed by atoms with Crippen molar-refractivity contribution in [3.05, 3.63) is 48.5 Å². The molecular formula is C18H19N5O2S. The summed E-state index contributed by atoms with van der Waals surface area (Å²) in [6.07, 6.45) is 2.78. The molecule has 134 valence electrons. The summed E-state index contributed by atoms with van der Waals surface area (Å²) in [6, 6.07) is 15.0. The largest absolute Gasteiger partial charge is 0.309 e. The summed E-state index contributed by atoms with van der Waals surface area (Å²) < 4.78 is 29.0. The van der Waals surface area contributed by atoms with E-state index in [9.17, 15) is 8.42 Å². The average molecular weight is 369 g/mol. The first-order valence-electron chi connectivity index (χ1n) is 8.56. The molecule has 0 amide bonds. The number of anilines is 1. The number of hydrogen-bond donors (Lipinski definition) is 0. The SMILES string of the molecule is N#CN1CCC(N2CCN(c3cccc(-c4ccccc4)n3)S2(=O)=O)C1. The molecule has 2 aliphatic heterocycles. The highest BCUT2D eigenvalue weighted by molar-refractivity contribution is 7.90. The van der Waals surface area contributed by atoms with Crippen LogP contribution in [-0.4, -0.2) is 54.8 Å². The molecule has 2 aliphatic rings. The molecule has 1 atom stereocenters. The maximum Gasteiger partial charge on any atom is 0.305 e. The molecule has 0 bridgehead atoms. The van der Waals surface area contributed by atoms with Gasteiger partial charge in [-0.05, 0) is 18.6 Å². The van der Waals surface area contributed by atoms with E-state index < -0.39 is 10.2 Å². The van der Waals surface area contributed by atoms with Crippen LogP contribution in [0, 0.1) is 11.5 Å². The molecule has 2 saturated heterocycles. The van der Waals surface area contributed by atoms with Crippen molar-refractivity contribution >= 4 is 16.0 Å². The minimum absolute atomic E-state index is 0.151. The van der Waals surface area contributed by atoms with Gasteiger partial charge in [0.05, 0.1) is 12.2 Å². The first-order chi connectivity index (χ1) is 12.6. The predicted octanol–water partition coefficient (Wildman–Crippen LogP) is 1.67. The van der Waals surface area contributed by atoms with E-state index in [-0.39, 0.29) is 6.04 Å². The van der Waals surface area contributed by atoms with Crippen LogP contribution in [0.5, 0.6) is 0 Å². The third kappa shape index (κ3) is 2.89. The highest BCUT2D eigenvalue weighted by Crippen LogP contribution is 2.29. The van der Waals surface area contributed by atoms with Gasteiger partial charge in [-0.1, -0.05) is 36.4 Å². The van der Waals surface area contributed by atoms with Gasteiger partial charge >= 0.3 is 10.2 Å². The molecule has 2 aromatic rings. The zero-order valence-corrected chi connectivity index (χ0v) is 15.0. The molecule has 8 heteroatoms. The zero-order valence-electron chi connectivity index (χ0n) is 14.2. The van der Waals surface area contributed by atoms with Crippen LogP contribution < -0.4 is 4.31 Å². The number of pyridine rings is 1. The van der Waals surface area contributed by atoms with Crippen molar-refractivity contribution in [2.45, 2.75) is 12.5 Å². The van der Waals surface area contributed by atoms with Gasteiger partial charge < -0.3 is 4.90 Å². The third-order valence-electron chi connectivity index (χ3n) is 4.87. The minimum Gasteiger partial charge on any atom is -0.309 e. The lowest BCUT2D eigenvalue weighted by Gasteiger charge is -2.23. The summed E-state index contributed by atoms with van der Waals surface area (Å²) in [7, 11) is -3.63. The summed E-state index contributed by atoms with van der Waals surface area (Å²) in [6.45, 7) is 1.86. The highest BCUT2D eigenvalue weighted by Gasteiger charge is 2.43. The Morgan fingerprint density at radius 2 is 1.85 bits per heavy atom. The van der Waals surface area contributed by atoms with Crippen molar-refractivity contribution in [3.63, 3.8) is 0 Å². The number of likely N-dealkylation sites (tertiary alicyclic amines) is 1. The van der Waals surface area contributed by atoms with E-state index in [1.54, 1.807) is 11.0 Å². The smallest absolute Gasteiger partial charge is 0.305 e. The van der Waals surface area contributed by atoms with Crippen molar-refractivity contribution in [2.24, 2.45) is 0 Å². The number of nitrogens with zero attached hydrogens (tertiary/aromatic N) is 5. The Kier molecular flexibility index (Phi) is 4.26. The quantitative estimate of drug-likeness (QED) is 0.769. The Labute approximate surface area is 153 Å². The number of benzene rings is 1. The molecule has 0 saturated carbocycles. The number of rotatable bonds is 3. The molecule has 0 aliphatic carbocycles. The van der Waals surface area contributed by atoms with Gasteiger partial charge in [-0.25, -0.2) is 9.29 Å². The normalized spacial score (nSPS) is 22.5. The maximum atomic E-state index is 13.0. The van der Waals surface area contributed by atoms with Gasteiger partial charge in [0.1, 0.15) is 5.82 Å². The molecular weight excluding hydrogens is 350 g/mol. The van der Waals surface area contributed by atoms with E-state index in [1.807, 2.05) is 42.5 Å². The second kappa shape index (κ2) is 6.59. The Bertz CT molecular complexity index is 942. The van der Waals surface area contributed by atoms with Gasteiger partial charge in [-0.3, -0.25) is 0 Å². The molecule has 1 aromatic heterocycles. The first kappa shape index (κ1) is 16.8. The second-order valence-corrected chi connectivity index (χ2v) is 8.23. The fourth-order valence-electron chi connectivity index (χ4n) is 3.55. The summed E-state index contributed by atoms with van der Waals surface area (Å²) in [5.41, 5.74) is 1.69. The fraction of sp³-hybridized carbons (Fsp3) is 0.333. The average Bonchev–Trinajstić information content (AvgIpc) is 3.26. The van der Waals surface area contributed by atoms with E-state index in [2.05, 4.69) is 11.2 Å². The number of nitriles is 1. The lowest BCUT2D eigenvalue weighted by atomic mass is 10.1. The van der Waals surface area contributed by atoms with Gasteiger partial charge in [0.15, 0.2) is 6.19 Å². The van der Waals surface area contributed by atoms with E-state index in [4.69, 9.17) is 5.26 Å². The number of hydrogen-bond acceptors (Lipinski definition) is 5. The fourth-order valence-corrected chi connectivity index (χ4v) is 5.31. The predicted molar refractivity (Wildman–Crippen MR) is 98.2 cm³/mol. The third-order valence-corrected chi connectivity index (χ3v) is 6.87. The van der Waals surface area contributed by atoms with Crippen LogP contribution >= 0.6 is 0 Å². The summed E-state index contributed by atoms with van der Waals surface area (Å²) in [4.78, 5) is 6.18. The van der Waals surface area contributed by atoms with Crippen LogP contribution in [0.2, 0.25) is 0 Å². The Balaban J connectivity index is 1.61. The lowest BCUT2D eigenvalue weighted by molar-refractivity contribution is 0.345. The van der Waals surface area contributed by atoms with E-state index in [0.29, 0.717) is 38.4 Å². The second-order valence-electron chi connectivity index (χ2n) is 6.43. The molecule has 2 fully saturated rings. The standard InChI is InChI=1S/C18H19N5O2S/c19-14-21-10-9-16(13-21)22-11-12-23(26(22,24)25)18-8-4-7-17(20-18)15-5-2-1-3-6-15/h1-8,16H,9-13H2. The van der Waals surface area contributed by atoms with Gasteiger partial charge in [0.2, 0.25) is 0 Å². The van der Waals surface area contributed by atoms with Crippen molar-refractivity contribution in [1.82, 2.24) is 14.2 Å². The maximum absolute atomic E-state index is 13.0. The molecule has 0 N–H and O–H groups in total.